The molecule has 2 heteroatoms. The molecule has 0 radical (unpaired) electrons. The molecule has 0 saturated carbocycles. The Morgan fingerprint density at radius 3 is 2.38 bits per heavy atom. The Labute approximate surface area is 82.8 Å². The fourth-order valence-electron chi connectivity index (χ4n) is 1.47. The second-order valence-corrected chi connectivity index (χ2v) is 3.74. The van der Waals surface area contributed by atoms with Gasteiger partial charge in [0.05, 0.1) is 0 Å². The molecule has 2 nitrogen and oxygen atoms in total. The van der Waals surface area contributed by atoms with E-state index < -0.39 is 0 Å². The summed E-state index contributed by atoms with van der Waals surface area (Å²) in [6, 6.07) is 0.395. The molecule has 2 N–H and O–H groups in total. The Kier molecular flexibility index (Phi) is 9.94. The van der Waals surface area contributed by atoms with Crippen LogP contribution in [0.15, 0.2) is 0 Å². The van der Waals surface area contributed by atoms with Crippen molar-refractivity contribution in [3.05, 3.63) is 0 Å². The van der Waals surface area contributed by atoms with Gasteiger partial charge < -0.3 is 10.5 Å². The van der Waals surface area contributed by atoms with E-state index in [1.165, 1.54) is 32.1 Å². The van der Waals surface area contributed by atoms with Crippen LogP contribution in [0.4, 0.5) is 0 Å². The lowest BCUT2D eigenvalue weighted by molar-refractivity contribution is 0.190. The maximum Gasteiger partial charge on any atom is 0.0462 e. The molecular weight excluding hydrogens is 162 g/mol. The summed E-state index contributed by atoms with van der Waals surface area (Å²) in [4.78, 5) is 0. The van der Waals surface area contributed by atoms with E-state index in [4.69, 9.17) is 10.5 Å². The second kappa shape index (κ2) is 10.0. The number of nitrogens with two attached hydrogens (primary N) is 1. The molecule has 1 unspecified atom stereocenters. The largest absolute Gasteiger partial charge is 0.385 e. The van der Waals surface area contributed by atoms with Crippen molar-refractivity contribution in [1.29, 1.82) is 0 Å². The van der Waals surface area contributed by atoms with Crippen molar-refractivity contribution >= 4 is 0 Å². The van der Waals surface area contributed by atoms with Gasteiger partial charge in [0.25, 0.3) is 0 Å². The van der Waals surface area contributed by atoms with Crippen molar-refractivity contribution in [2.75, 3.05) is 13.7 Å². The Morgan fingerprint density at radius 1 is 1.08 bits per heavy atom. The quantitative estimate of drug-likeness (QED) is 0.563. The minimum absolute atomic E-state index is 0.395. The third kappa shape index (κ3) is 9.84. The number of rotatable bonds is 9. The molecule has 0 heterocycles. The van der Waals surface area contributed by atoms with Gasteiger partial charge in [-0.25, -0.2) is 0 Å². The molecule has 0 amide bonds. The summed E-state index contributed by atoms with van der Waals surface area (Å²) in [6.07, 6.45) is 8.69. The van der Waals surface area contributed by atoms with Crippen LogP contribution in [0.5, 0.6) is 0 Å². The summed E-state index contributed by atoms with van der Waals surface area (Å²) in [5, 5.41) is 0. The monoisotopic (exact) mass is 187 g/mol. The van der Waals surface area contributed by atoms with E-state index in [2.05, 4.69) is 6.92 Å². The summed E-state index contributed by atoms with van der Waals surface area (Å²) >= 11 is 0. The molecule has 1 atom stereocenters. The minimum Gasteiger partial charge on any atom is -0.385 e. The van der Waals surface area contributed by atoms with Crippen LogP contribution >= 0.6 is 0 Å². The van der Waals surface area contributed by atoms with Crippen molar-refractivity contribution in [2.45, 2.75) is 57.9 Å². The fourth-order valence-corrected chi connectivity index (χ4v) is 1.47. The Morgan fingerprint density at radius 2 is 1.77 bits per heavy atom. The topological polar surface area (TPSA) is 35.2 Å². The number of ether oxygens (including phenoxy) is 1. The first-order valence-electron chi connectivity index (χ1n) is 5.55. The van der Waals surface area contributed by atoms with E-state index in [0.717, 1.165) is 19.4 Å². The number of methoxy groups -OCH3 is 1. The van der Waals surface area contributed by atoms with Crippen LogP contribution in [0.2, 0.25) is 0 Å². The van der Waals surface area contributed by atoms with Gasteiger partial charge in [-0.2, -0.15) is 0 Å². The molecule has 0 aliphatic carbocycles. The Balaban J connectivity index is 3.05. The zero-order valence-corrected chi connectivity index (χ0v) is 9.22. The average Bonchev–Trinajstić information content (AvgIpc) is 2.13. The van der Waals surface area contributed by atoms with E-state index in [1.54, 1.807) is 7.11 Å². The smallest absolute Gasteiger partial charge is 0.0462 e. The molecule has 0 aliphatic heterocycles. The fraction of sp³-hybridized carbons (Fsp3) is 1.00. The Hall–Kier alpha value is -0.0800. The van der Waals surface area contributed by atoms with Gasteiger partial charge in [-0.3, -0.25) is 0 Å². The van der Waals surface area contributed by atoms with Gasteiger partial charge in [0.15, 0.2) is 0 Å². The van der Waals surface area contributed by atoms with Gasteiger partial charge in [-0.15, -0.1) is 0 Å². The molecule has 13 heavy (non-hydrogen) atoms. The zero-order valence-electron chi connectivity index (χ0n) is 9.22. The third-order valence-electron chi connectivity index (χ3n) is 2.35. The van der Waals surface area contributed by atoms with Gasteiger partial charge in [-0.1, -0.05) is 32.6 Å². The van der Waals surface area contributed by atoms with Crippen LogP contribution in [0.25, 0.3) is 0 Å². The molecule has 0 spiro atoms. The highest BCUT2D eigenvalue weighted by atomic mass is 16.5. The van der Waals surface area contributed by atoms with Gasteiger partial charge in [0.1, 0.15) is 0 Å². The summed E-state index contributed by atoms with van der Waals surface area (Å²) in [5.41, 5.74) is 5.94. The van der Waals surface area contributed by atoms with Crippen LogP contribution in [0, 0.1) is 0 Å². The van der Waals surface area contributed by atoms with Crippen LogP contribution in [0.3, 0.4) is 0 Å². The van der Waals surface area contributed by atoms with Crippen molar-refractivity contribution in [1.82, 2.24) is 0 Å². The molecule has 0 fully saturated rings. The summed E-state index contributed by atoms with van der Waals surface area (Å²) in [5.74, 6) is 0. The molecule has 0 bridgehead atoms. The standard InChI is InChI=1S/C11H25NO/c1-3-4-5-6-8-11(12)9-7-10-13-2/h11H,3-10,12H2,1-2H3. The van der Waals surface area contributed by atoms with Crippen molar-refractivity contribution in [3.63, 3.8) is 0 Å². The van der Waals surface area contributed by atoms with Crippen LogP contribution < -0.4 is 5.73 Å². The van der Waals surface area contributed by atoms with Crippen LogP contribution in [-0.2, 0) is 4.74 Å². The van der Waals surface area contributed by atoms with E-state index >= 15 is 0 Å². The molecule has 0 aromatic carbocycles. The number of hydrogen-bond acceptors (Lipinski definition) is 2. The highest BCUT2D eigenvalue weighted by Crippen LogP contribution is 2.07. The van der Waals surface area contributed by atoms with E-state index in [9.17, 15) is 0 Å². The predicted octanol–water partition coefficient (Wildman–Crippen LogP) is 2.71. The highest BCUT2D eigenvalue weighted by molar-refractivity contribution is 4.61. The van der Waals surface area contributed by atoms with Crippen molar-refractivity contribution < 1.29 is 4.74 Å². The first kappa shape index (κ1) is 12.9. The molecule has 0 saturated heterocycles. The van der Waals surface area contributed by atoms with Gasteiger partial charge >= 0.3 is 0 Å². The maximum absolute atomic E-state index is 5.94. The minimum atomic E-state index is 0.395. The molecular formula is C11H25NO. The van der Waals surface area contributed by atoms with Crippen molar-refractivity contribution in [2.24, 2.45) is 5.73 Å². The lowest BCUT2D eigenvalue weighted by Gasteiger charge is -2.10. The average molecular weight is 187 g/mol. The maximum atomic E-state index is 5.94. The molecule has 0 rings (SSSR count). The number of hydrogen-bond donors (Lipinski definition) is 1. The lowest BCUT2D eigenvalue weighted by atomic mass is 10.0. The molecule has 0 aromatic rings. The summed E-state index contributed by atoms with van der Waals surface area (Å²) in [7, 11) is 1.74. The van der Waals surface area contributed by atoms with Crippen LogP contribution in [-0.4, -0.2) is 19.8 Å². The van der Waals surface area contributed by atoms with Crippen molar-refractivity contribution in [3.8, 4) is 0 Å². The first-order valence-corrected chi connectivity index (χ1v) is 5.55. The normalized spacial score (nSPS) is 13.2. The van der Waals surface area contributed by atoms with E-state index in [0.29, 0.717) is 6.04 Å². The van der Waals surface area contributed by atoms with E-state index in [-0.39, 0.29) is 0 Å². The Bertz CT molecular complexity index is 96.1. The molecule has 0 aromatic heterocycles. The molecule has 80 valence electrons. The third-order valence-corrected chi connectivity index (χ3v) is 2.35. The predicted molar refractivity (Wildman–Crippen MR) is 57.8 cm³/mol. The van der Waals surface area contributed by atoms with Gasteiger partial charge in [0.2, 0.25) is 0 Å². The summed E-state index contributed by atoms with van der Waals surface area (Å²) < 4.78 is 4.98. The first-order chi connectivity index (χ1) is 6.31. The number of unbranched alkanes of at least 4 members (excludes halogenated alkanes) is 3. The van der Waals surface area contributed by atoms with Gasteiger partial charge in [-0.05, 0) is 19.3 Å². The SMILES string of the molecule is CCCCCCC(N)CCCOC. The van der Waals surface area contributed by atoms with Crippen LogP contribution in [0.1, 0.15) is 51.9 Å². The molecule has 0 aliphatic rings. The van der Waals surface area contributed by atoms with E-state index in [1.807, 2.05) is 0 Å². The highest BCUT2D eigenvalue weighted by Gasteiger charge is 2.01. The zero-order chi connectivity index (χ0) is 9.94. The lowest BCUT2D eigenvalue weighted by Crippen LogP contribution is -2.20. The van der Waals surface area contributed by atoms with Gasteiger partial charge in [0, 0.05) is 19.8 Å². The second-order valence-electron chi connectivity index (χ2n) is 3.74. The summed E-state index contributed by atoms with van der Waals surface area (Å²) in [6.45, 7) is 3.08.